The molecule has 0 saturated heterocycles. The minimum Gasteiger partial charge on any atom is -0.860 e. The third-order valence-corrected chi connectivity index (χ3v) is 23.9. The molecule has 23 heteroatoms. The second-order valence-corrected chi connectivity index (χ2v) is 41.2. The molecule has 4 N–H and O–H groups in total. The van der Waals surface area contributed by atoms with Crippen molar-refractivity contribution >= 4 is 83.4 Å². The molecular weight excluding hydrogens is 1830 g/mol. The standard InChI is InChI=1S/C102H120Br3N3O15.2K/c1-97(2,3)73-43-61-37-67-49-76(100(10,11)12)51-69(91(67)121-55-85(109)106-82(94(112)113)34-58-22-28-79(103)29-23-58)39-63-45-74(98(4,5)6)47-65(89(63)119-20)41-71-53-78(102(16,17)18)54-72(93(71)123-57-87(111)108-84(96(116)117)36-60-26-32-81(105)33-27-60)42-66-48-75(99(7,8)9)46-64(90(66)120-21)40-70-52-77(101(13,14)15)50-68(38-62(44-73)88(61)118-19)92(70)122-56-86(110)107-83(95(114)115)35-59-24-30-80(104)31-25-59;;/h22-33,43-54,82-84H,34-42,55-57H2,1-21H3,(H,106,109)(H,107,110)(H,108,111)(H,112,113)(H,114,115)(H,116,117);;/q;2*+1/p-2/t82-,83-,84-;;/m0../s1. The number of ether oxygens (including phenoxy) is 6. The second kappa shape index (κ2) is 43.4. The average Bonchev–Trinajstić information content (AvgIpc) is 0.764. The number of fused-ring (bicyclic) bond motifs is 12. The summed E-state index contributed by atoms with van der Waals surface area (Å²) in [6.45, 7) is 36.8. The molecule has 12 bridgehead atoms. The van der Waals surface area contributed by atoms with Crippen LogP contribution in [0.25, 0.3) is 0 Å². The molecule has 0 spiro atoms. The van der Waals surface area contributed by atoms with Crippen LogP contribution >= 0.6 is 47.8 Å². The first-order valence-corrected chi connectivity index (χ1v) is 44.0. The Balaban J connectivity index is 0.00000968. The van der Waals surface area contributed by atoms with Crippen molar-refractivity contribution in [2.45, 2.75) is 233 Å². The number of methoxy groups -OCH3 is 3. The van der Waals surface area contributed by atoms with E-state index in [1.54, 1.807) is 57.7 Å². The number of benzene rings is 9. The summed E-state index contributed by atoms with van der Waals surface area (Å²) in [5, 5.41) is 73.6. The molecule has 0 aromatic heterocycles. The fourth-order valence-electron chi connectivity index (χ4n) is 15.4. The summed E-state index contributed by atoms with van der Waals surface area (Å²) in [6, 6.07) is 43.0. The maximum Gasteiger partial charge on any atom is 1.00 e. The Morgan fingerprint density at radius 2 is 0.488 bits per heavy atom. The van der Waals surface area contributed by atoms with Crippen LogP contribution < -0.4 is 141 Å². The fourth-order valence-corrected chi connectivity index (χ4v) is 16.2. The first kappa shape index (κ1) is 104. The van der Waals surface area contributed by atoms with Crippen LogP contribution in [0.4, 0.5) is 0 Å². The number of nitrogens with zero attached hydrogens (tertiary/aromatic N) is 3. The second-order valence-electron chi connectivity index (χ2n) is 38.4. The Labute approximate surface area is 848 Å². The van der Waals surface area contributed by atoms with Crippen molar-refractivity contribution in [3.63, 3.8) is 0 Å². The van der Waals surface area contributed by atoms with Crippen molar-refractivity contribution in [2.75, 3.05) is 41.2 Å². The van der Waals surface area contributed by atoms with Gasteiger partial charge < -0.3 is 59.1 Å². The number of aliphatic carboxylic acids is 3. The fraction of sp³-hybridized carbons (Fsp3) is 0.412. The molecule has 10 rings (SSSR count). The molecule has 9 aromatic rings. The molecule has 0 heterocycles. The molecule has 125 heavy (non-hydrogen) atoms. The SMILES string of the molecule is COc1c2cc(C(C)(C)C)cc1Cc1cc(C(C)(C)C)cc(c1OCC([O-])=N[C@@H](Cc1ccc(Br)cc1)C(=O)O)Cc1cc(C(C)(C)C)cc(c1OC)Cc1cc(C(C)(C)C)cc(c1OCC(O)=N[C@@H](Cc1ccc(Br)cc1)C(=O)O)Cc1cc(C(C)(C)C)cc(c1OC)Cc1cc(C(C)(C)C)cc(c1OCC([O-])=N[C@@H](Cc1ccc(Br)cc1)C(=O)O)C2.[K+].[K+]. The van der Waals surface area contributed by atoms with E-state index >= 15 is 0 Å². The van der Waals surface area contributed by atoms with Gasteiger partial charge in [-0.15, -0.1) is 0 Å². The molecule has 1 aliphatic carbocycles. The third kappa shape index (κ3) is 27.9. The first-order chi connectivity index (χ1) is 57.5. The number of hydrogen-bond acceptors (Lipinski definition) is 14. The molecule has 3 atom stereocenters. The van der Waals surface area contributed by atoms with Gasteiger partial charge >= 0.3 is 121 Å². The smallest absolute Gasteiger partial charge is 0.860 e. The number of carbonyl (C=O) groups is 3. The molecular formula is C102H118Br3K2N3O15. The Morgan fingerprint density at radius 1 is 0.312 bits per heavy atom. The molecule has 0 aliphatic heterocycles. The molecule has 18 nitrogen and oxygen atoms in total. The van der Waals surface area contributed by atoms with Gasteiger partial charge in [0.15, 0.2) is 12.6 Å². The Morgan fingerprint density at radius 3 is 0.664 bits per heavy atom. The quantitative estimate of drug-likeness (QED) is 0.0249. The predicted octanol–water partition coefficient (Wildman–Crippen LogP) is 14.3. The number of rotatable bonds is 24. The van der Waals surface area contributed by atoms with Crippen molar-refractivity contribution in [2.24, 2.45) is 15.0 Å². The summed E-state index contributed by atoms with van der Waals surface area (Å²) < 4.78 is 44.0. The van der Waals surface area contributed by atoms with E-state index in [0.29, 0.717) is 84.6 Å². The molecule has 0 radical (unpaired) electrons. The van der Waals surface area contributed by atoms with Crippen LogP contribution in [0, 0.1) is 0 Å². The molecule has 654 valence electrons. The predicted molar refractivity (Wildman–Crippen MR) is 497 cm³/mol. The third-order valence-electron chi connectivity index (χ3n) is 22.4. The van der Waals surface area contributed by atoms with E-state index in [1.807, 2.05) is 36.4 Å². The molecule has 9 aromatic carbocycles. The molecule has 0 saturated carbocycles. The summed E-state index contributed by atoms with van der Waals surface area (Å²) >= 11 is 10.4. The summed E-state index contributed by atoms with van der Waals surface area (Å²) in [5.41, 5.74) is 13.6. The van der Waals surface area contributed by atoms with Crippen LogP contribution in [-0.4, -0.2) is 115 Å². The van der Waals surface area contributed by atoms with Gasteiger partial charge in [0.2, 0.25) is 5.90 Å². The Bertz CT molecular complexity index is 4790. The van der Waals surface area contributed by atoms with E-state index in [4.69, 9.17) is 28.4 Å². The minimum absolute atomic E-state index is 0. The van der Waals surface area contributed by atoms with E-state index in [2.05, 4.69) is 260 Å². The Kier molecular flexibility index (Phi) is 36.0. The summed E-state index contributed by atoms with van der Waals surface area (Å²) in [5.74, 6) is -3.13. The van der Waals surface area contributed by atoms with Gasteiger partial charge in [0, 0.05) is 71.2 Å². The zero-order valence-corrected chi connectivity index (χ0v) is 87.8. The van der Waals surface area contributed by atoms with Gasteiger partial charge in [0.25, 0.3) is 0 Å². The number of carboxylic acid groups (broad SMARTS) is 3. The van der Waals surface area contributed by atoms with Crippen LogP contribution in [0.5, 0.6) is 34.5 Å². The van der Waals surface area contributed by atoms with Crippen LogP contribution in [0.3, 0.4) is 0 Å². The molecule has 1 aliphatic rings. The summed E-state index contributed by atoms with van der Waals surface area (Å²) in [6.07, 6.45) is 0.945. The van der Waals surface area contributed by atoms with Crippen LogP contribution in [0.15, 0.2) is 174 Å². The van der Waals surface area contributed by atoms with Crippen LogP contribution in [-0.2, 0) is 105 Å². The minimum atomic E-state index is -1.44. The van der Waals surface area contributed by atoms with Gasteiger partial charge in [0.05, 0.1) is 21.3 Å². The molecule has 0 unspecified atom stereocenters. The van der Waals surface area contributed by atoms with E-state index in [-0.39, 0.29) is 161 Å². The summed E-state index contributed by atoms with van der Waals surface area (Å²) in [4.78, 5) is 52.4. The van der Waals surface area contributed by atoms with Gasteiger partial charge in [-0.1, -0.05) is 282 Å². The first-order valence-electron chi connectivity index (χ1n) is 41.6. The molecule has 0 fully saturated rings. The van der Waals surface area contributed by atoms with E-state index in [0.717, 1.165) is 80.2 Å². The van der Waals surface area contributed by atoms with Crippen molar-refractivity contribution in [1.29, 1.82) is 0 Å². The summed E-state index contributed by atoms with van der Waals surface area (Å²) in [7, 11) is 4.95. The van der Waals surface area contributed by atoms with E-state index < -0.39 is 106 Å². The zero-order valence-electron chi connectivity index (χ0n) is 76.8. The van der Waals surface area contributed by atoms with Gasteiger partial charge in [-0.25, -0.2) is 19.4 Å². The van der Waals surface area contributed by atoms with Crippen molar-refractivity contribution in [1.82, 2.24) is 0 Å². The van der Waals surface area contributed by atoms with Gasteiger partial charge in [-0.2, -0.15) is 0 Å². The van der Waals surface area contributed by atoms with Crippen molar-refractivity contribution < 1.29 is 176 Å². The number of aliphatic hydroxyl groups excluding tert-OH is 1. The number of aliphatic hydroxyl groups is 1. The Hall–Kier alpha value is -6.69. The number of halogens is 3. The van der Waals surface area contributed by atoms with Gasteiger partial charge in [0.1, 0.15) is 59.8 Å². The van der Waals surface area contributed by atoms with Crippen molar-refractivity contribution in [3.8, 4) is 34.5 Å². The van der Waals surface area contributed by atoms with Crippen LogP contribution in [0.2, 0.25) is 0 Å². The van der Waals surface area contributed by atoms with Gasteiger partial charge in [-0.05, 0) is 198 Å². The zero-order chi connectivity index (χ0) is 90.3. The van der Waals surface area contributed by atoms with Crippen molar-refractivity contribution in [3.05, 3.63) is 276 Å². The average molecular weight is 1940 g/mol. The number of carboxylic acids is 3. The normalized spacial score (nSPS) is 14.0. The number of aliphatic imine (C=N–C) groups is 3. The van der Waals surface area contributed by atoms with Crippen LogP contribution in [0.1, 0.15) is 241 Å². The monoisotopic (exact) mass is 1940 g/mol. The van der Waals surface area contributed by atoms with E-state index in [9.17, 15) is 45.0 Å². The van der Waals surface area contributed by atoms with E-state index in [1.165, 1.54) is 0 Å². The largest absolute Gasteiger partial charge is 1.00 e. The molecule has 0 amide bonds. The topological polar surface area (TPSA) is 271 Å². The maximum atomic E-state index is 14.7. The number of hydrogen-bond donors (Lipinski definition) is 4. The maximum absolute atomic E-state index is 14.7. The van der Waals surface area contributed by atoms with Gasteiger partial charge in [-0.3, -0.25) is 9.98 Å².